The molecule has 1 aromatic carbocycles. The summed E-state index contributed by atoms with van der Waals surface area (Å²) in [5, 5.41) is 3.26. The molecule has 3 heteroatoms. The fourth-order valence-electron chi connectivity index (χ4n) is 2.16. The van der Waals surface area contributed by atoms with Gasteiger partial charge in [-0.3, -0.25) is 4.98 Å². The first-order valence-electron chi connectivity index (χ1n) is 5.57. The van der Waals surface area contributed by atoms with Crippen LogP contribution >= 0.6 is 0 Å². The van der Waals surface area contributed by atoms with Crippen LogP contribution in [0.4, 0.5) is 11.5 Å². The molecule has 0 bridgehead atoms. The van der Waals surface area contributed by atoms with Crippen molar-refractivity contribution in [1.29, 1.82) is 0 Å². The monoisotopic (exact) mass is 211 g/mol. The fourth-order valence-corrected chi connectivity index (χ4v) is 2.16. The molecule has 0 spiro atoms. The topological polar surface area (TPSA) is 37.8 Å². The number of nitrogens with zero attached hydrogens (tertiary/aromatic N) is 2. The molecule has 1 heterocycles. The van der Waals surface area contributed by atoms with Crippen LogP contribution in [0.15, 0.2) is 36.8 Å². The summed E-state index contributed by atoms with van der Waals surface area (Å²) >= 11 is 0. The number of nitrogens with one attached hydrogen (secondary N) is 1. The molecule has 16 heavy (non-hydrogen) atoms. The Labute approximate surface area is 94.6 Å². The van der Waals surface area contributed by atoms with E-state index < -0.39 is 0 Å². The molecule has 80 valence electrons. The van der Waals surface area contributed by atoms with Crippen LogP contribution in [0.5, 0.6) is 0 Å². The minimum absolute atomic E-state index is 0.792. The Morgan fingerprint density at radius 2 is 2.00 bits per heavy atom. The molecule has 1 N–H and O–H groups in total. The van der Waals surface area contributed by atoms with Crippen LogP contribution in [0.3, 0.4) is 0 Å². The van der Waals surface area contributed by atoms with Gasteiger partial charge < -0.3 is 5.32 Å². The number of fused-ring (bicyclic) bond motifs is 1. The van der Waals surface area contributed by atoms with Gasteiger partial charge in [0.1, 0.15) is 5.82 Å². The van der Waals surface area contributed by atoms with Crippen LogP contribution in [0.1, 0.15) is 17.5 Å². The van der Waals surface area contributed by atoms with Crippen molar-refractivity contribution in [3.8, 4) is 0 Å². The second-order valence-corrected chi connectivity index (χ2v) is 4.05. The average molecular weight is 211 g/mol. The van der Waals surface area contributed by atoms with E-state index in [1.54, 1.807) is 18.6 Å². The second-order valence-electron chi connectivity index (χ2n) is 4.05. The summed E-state index contributed by atoms with van der Waals surface area (Å²) in [5.74, 6) is 0.792. The van der Waals surface area contributed by atoms with Crippen LogP contribution in [-0.4, -0.2) is 9.97 Å². The largest absolute Gasteiger partial charge is 0.339 e. The summed E-state index contributed by atoms with van der Waals surface area (Å²) in [6.07, 6.45) is 8.80. The summed E-state index contributed by atoms with van der Waals surface area (Å²) < 4.78 is 0. The minimum Gasteiger partial charge on any atom is -0.339 e. The Morgan fingerprint density at radius 3 is 2.88 bits per heavy atom. The Balaban J connectivity index is 1.86. The van der Waals surface area contributed by atoms with Crippen LogP contribution < -0.4 is 5.32 Å². The Bertz CT molecular complexity index is 494. The van der Waals surface area contributed by atoms with Crippen LogP contribution in [-0.2, 0) is 12.8 Å². The van der Waals surface area contributed by atoms with Crippen molar-refractivity contribution in [2.45, 2.75) is 19.3 Å². The van der Waals surface area contributed by atoms with Gasteiger partial charge in [-0.2, -0.15) is 0 Å². The van der Waals surface area contributed by atoms with Gasteiger partial charge in [0.25, 0.3) is 0 Å². The lowest BCUT2D eigenvalue weighted by Gasteiger charge is -2.06. The normalized spacial score (nSPS) is 13.5. The van der Waals surface area contributed by atoms with Gasteiger partial charge >= 0.3 is 0 Å². The second kappa shape index (κ2) is 3.93. The highest BCUT2D eigenvalue weighted by Crippen LogP contribution is 2.25. The van der Waals surface area contributed by atoms with Crippen molar-refractivity contribution in [2.75, 3.05) is 5.32 Å². The van der Waals surface area contributed by atoms with E-state index in [4.69, 9.17) is 0 Å². The maximum Gasteiger partial charge on any atom is 0.148 e. The predicted molar refractivity (Wildman–Crippen MR) is 63.8 cm³/mol. The van der Waals surface area contributed by atoms with Gasteiger partial charge in [0, 0.05) is 18.1 Å². The number of anilines is 2. The molecule has 0 saturated heterocycles. The number of aromatic nitrogens is 2. The SMILES string of the molecule is c1cnc(Nc2ccc3c(c2)CCC3)cn1. The molecule has 1 aromatic heterocycles. The van der Waals surface area contributed by atoms with Gasteiger partial charge in [0.2, 0.25) is 0 Å². The molecule has 2 aromatic rings. The van der Waals surface area contributed by atoms with Crippen molar-refractivity contribution < 1.29 is 0 Å². The first-order valence-corrected chi connectivity index (χ1v) is 5.57. The van der Waals surface area contributed by atoms with Crippen LogP contribution in [0.2, 0.25) is 0 Å². The third-order valence-electron chi connectivity index (χ3n) is 2.93. The van der Waals surface area contributed by atoms with E-state index in [-0.39, 0.29) is 0 Å². The lowest BCUT2D eigenvalue weighted by molar-refractivity contribution is 0.912. The third-order valence-corrected chi connectivity index (χ3v) is 2.93. The van der Waals surface area contributed by atoms with Gasteiger partial charge in [-0.05, 0) is 42.5 Å². The van der Waals surface area contributed by atoms with E-state index in [0.29, 0.717) is 0 Å². The zero-order chi connectivity index (χ0) is 10.8. The zero-order valence-electron chi connectivity index (χ0n) is 8.98. The Morgan fingerprint density at radius 1 is 1.06 bits per heavy atom. The summed E-state index contributed by atoms with van der Waals surface area (Å²) in [4.78, 5) is 8.22. The molecular formula is C13H13N3. The first-order chi connectivity index (χ1) is 7.92. The summed E-state index contributed by atoms with van der Waals surface area (Å²) in [6.45, 7) is 0. The smallest absolute Gasteiger partial charge is 0.148 e. The molecule has 0 aliphatic heterocycles. The molecule has 0 radical (unpaired) electrons. The molecule has 0 unspecified atom stereocenters. The predicted octanol–water partition coefficient (Wildman–Crippen LogP) is 2.71. The van der Waals surface area contributed by atoms with Crippen molar-refractivity contribution in [3.63, 3.8) is 0 Å². The minimum atomic E-state index is 0.792. The van der Waals surface area contributed by atoms with Crippen molar-refractivity contribution in [1.82, 2.24) is 9.97 Å². The van der Waals surface area contributed by atoms with E-state index in [0.717, 1.165) is 11.5 Å². The van der Waals surface area contributed by atoms with Gasteiger partial charge in [0.05, 0.1) is 6.20 Å². The summed E-state index contributed by atoms with van der Waals surface area (Å²) in [6, 6.07) is 6.54. The molecule has 1 aliphatic carbocycles. The average Bonchev–Trinajstić information content (AvgIpc) is 2.77. The van der Waals surface area contributed by atoms with Crippen molar-refractivity contribution >= 4 is 11.5 Å². The Kier molecular flexibility index (Phi) is 2.29. The van der Waals surface area contributed by atoms with E-state index in [9.17, 15) is 0 Å². The van der Waals surface area contributed by atoms with E-state index >= 15 is 0 Å². The lowest BCUT2D eigenvalue weighted by atomic mass is 10.1. The zero-order valence-corrected chi connectivity index (χ0v) is 8.98. The van der Waals surface area contributed by atoms with Crippen LogP contribution in [0.25, 0.3) is 0 Å². The molecular weight excluding hydrogens is 198 g/mol. The first kappa shape index (κ1) is 9.33. The lowest BCUT2D eigenvalue weighted by Crippen LogP contribution is -1.94. The molecule has 3 nitrogen and oxygen atoms in total. The molecule has 0 atom stereocenters. The maximum absolute atomic E-state index is 4.19. The van der Waals surface area contributed by atoms with Crippen molar-refractivity contribution in [2.24, 2.45) is 0 Å². The van der Waals surface area contributed by atoms with Gasteiger partial charge in [-0.15, -0.1) is 0 Å². The third kappa shape index (κ3) is 1.76. The molecule has 0 saturated carbocycles. The van der Waals surface area contributed by atoms with E-state index in [1.165, 1.54) is 30.4 Å². The molecule has 1 aliphatic rings. The number of benzene rings is 1. The number of hydrogen-bond acceptors (Lipinski definition) is 3. The van der Waals surface area contributed by atoms with Crippen molar-refractivity contribution in [3.05, 3.63) is 47.9 Å². The van der Waals surface area contributed by atoms with Gasteiger partial charge in [-0.1, -0.05) is 6.07 Å². The summed E-state index contributed by atoms with van der Waals surface area (Å²) in [5.41, 5.74) is 4.06. The maximum atomic E-state index is 4.19. The van der Waals surface area contributed by atoms with Crippen LogP contribution in [0, 0.1) is 0 Å². The standard InChI is InChI=1S/C13H13N3/c1-2-10-4-5-12(8-11(10)3-1)16-13-9-14-6-7-15-13/h4-9H,1-3H2,(H,15,16). The quantitative estimate of drug-likeness (QED) is 0.830. The molecule has 0 amide bonds. The molecule has 3 rings (SSSR count). The molecule has 0 fully saturated rings. The highest BCUT2D eigenvalue weighted by Gasteiger charge is 2.10. The number of aryl methyl sites for hydroxylation is 2. The number of rotatable bonds is 2. The number of hydrogen-bond donors (Lipinski definition) is 1. The fraction of sp³-hybridized carbons (Fsp3) is 0.231. The van der Waals surface area contributed by atoms with E-state index in [1.807, 2.05) is 0 Å². The van der Waals surface area contributed by atoms with E-state index in [2.05, 4.69) is 33.5 Å². The summed E-state index contributed by atoms with van der Waals surface area (Å²) in [7, 11) is 0. The van der Waals surface area contributed by atoms with Gasteiger partial charge in [0.15, 0.2) is 0 Å². The van der Waals surface area contributed by atoms with Gasteiger partial charge in [-0.25, -0.2) is 4.98 Å². The highest BCUT2D eigenvalue weighted by molar-refractivity contribution is 5.58. The Hall–Kier alpha value is -1.90. The highest BCUT2D eigenvalue weighted by atomic mass is 15.0.